The maximum Gasteiger partial charge on any atom is 0.238 e. The summed E-state index contributed by atoms with van der Waals surface area (Å²) in [4.78, 5) is 17.7. The Bertz CT molecular complexity index is 1230. The minimum absolute atomic E-state index is 0.0538. The van der Waals surface area contributed by atoms with Crippen molar-refractivity contribution in [3.63, 3.8) is 0 Å². The zero-order valence-corrected chi connectivity index (χ0v) is 18.9. The van der Waals surface area contributed by atoms with Gasteiger partial charge in [0.05, 0.1) is 29.3 Å². The first-order valence-corrected chi connectivity index (χ1v) is 11.7. The molecule has 8 heteroatoms. The van der Waals surface area contributed by atoms with Crippen molar-refractivity contribution in [2.75, 3.05) is 5.32 Å². The molecule has 1 atom stereocenters. The second-order valence-electron chi connectivity index (χ2n) is 8.43. The van der Waals surface area contributed by atoms with Gasteiger partial charge in [-0.1, -0.05) is 31.7 Å². The SMILES string of the molecule is CC(C)C(Sc1nnc(C2CC2)n1Cc1ccco1)C(=O)Nc1cccc2ncccc12. The standard InChI is InChI=1S/C24H25N5O2S/c1-15(2)21(23(30)26-20-9-3-8-19-18(20)7-4-12-25-19)32-24-28-27-22(16-10-11-16)29(24)14-17-6-5-13-31-17/h3-9,12-13,15-16,21H,10-11,14H2,1-2H3,(H,26,30). The minimum atomic E-state index is -0.325. The quantitative estimate of drug-likeness (QED) is 0.378. The predicted molar refractivity (Wildman–Crippen MR) is 125 cm³/mol. The molecular weight excluding hydrogens is 422 g/mol. The van der Waals surface area contributed by atoms with E-state index in [4.69, 9.17) is 4.42 Å². The van der Waals surface area contributed by atoms with E-state index in [1.54, 1.807) is 12.5 Å². The second kappa shape index (κ2) is 8.78. The molecule has 1 aliphatic rings. The van der Waals surface area contributed by atoms with Gasteiger partial charge < -0.3 is 9.73 Å². The number of aromatic nitrogens is 4. The average Bonchev–Trinajstić information content (AvgIpc) is 3.35. The van der Waals surface area contributed by atoms with Crippen LogP contribution >= 0.6 is 11.8 Å². The third kappa shape index (κ3) is 4.27. The molecule has 0 aliphatic heterocycles. The van der Waals surface area contributed by atoms with E-state index >= 15 is 0 Å². The fourth-order valence-electron chi connectivity index (χ4n) is 3.76. The molecule has 32 heavy (non-hydrogen) atoms. The molecule has 1 saturated carbocycles. The van der Waals surface area contributed by atoms with Crippen LogP contribution in [0.2, 0.25) is 0 Å². The van der Waals surface area contributed by atoms with Gasteiger partial charge in [-0.25, -0.2) is 0 Å². The van der Waals surface area contributed by atoms with Crippen molar-refractivity contribution in [2.45, 2.75) is 49.6 Å². The van der Waals surface area contributed by atoms with E-state index in [2.05, 4.69) is 38.9 Å². The Morgan fingerprint density at radius 3 is 2.81 bits per heavy atom. The molecule has 3 heterocycles. The van der Waals surface area contributed by atoms with E-state index in [1.807, 2.05) is 42.5 Å². The smallest absolute Gasteiger partial charge is 0.238 e. The van der Waals surface area contributed by atoms with Crippen LogP contribution in [0.25, 0.3) is 10.9 Å². The number of rotatable bonds is 8. The first-order chi connectivity index (χ1) is 15.6. The summed E-state index contributed by atoms with van der Waals surface area (Å²) in [6.45, 7) is 4.67. The first-order valence-electron chi connectivity index (χ1n) is 10.9. The summed E-state index contributed by atoms with van der Waals surface area (Å²) in [7, 11) is 0. The average molecular weight is 448 g/mol. The lowest BCUT2D eigenvalue weighted by atomic mass is 10.1. The van der Waals surface area contributed by atoms with Gasteiger partial charge in [0, 0.05) is 17.5 Å². The molecule has 1 aromatic carbocycles. The molecule has 1 unspecified atom stereocenters. The largest absolute Gasteiger partial charge is 0.467 e. The molecule has 1 amide bonds. The Morgan fingerprint density at radius 2 is 2.06 bits per heavy atom. The molecule has 5 rings (SSSR count). The number of nitrogens with zero attached hydrogens (tertiary/aromatic N) is 4. The molecule has 0 radical (unpaired) electrons. The van der Waals surface area contributed by atoms with E-state index in [0.717, 1.165) is 46.2 Å². The lowest BCUT2D eigenvalue weighted by molar-refractivity contribution is -0.116. The van der Waals surface area contributed by atoms with E-state index in [0.29, 0.717) is 12.5 Å². The van der Waals surface area contributed by atoms with Gasteiger partial charge in [-0.15, -0.1) is 10.2 Å². The molecule has 1 N–H and O–H groups in total. The molecule has 0 saturated heterocycles. The highest BCUT2D eigenvalue weighted by Gasteiger charge is 2.33. The molecule has 1 fully saturated rings. The molecular formula is C24H25N5O2S. The van der Waals surface area contributed by atoms with Crippen LogP contribution < -0.4 is 5.32 Å². The van der Waals surface area contributed by atoms with Crippen LogP contribution in [0, 0.1) is 5.92 Å². The van der Waals surface area contributed by atoms with Crippen LogP contribution in [-0.4, -0.2) is 30.9 Å². The summed E-state index contributed by atoms with van der Waals surface area (Å²) in [5.41, 5.74) is 1.62. The maximum absolute atomic E-state index is 13.4. The van der Waals surface area contributed by atoms with E-state index in [-0.39, 0.29) is 17.1 Å². The summed E-state index contributed by atoms with van der Waals surface area (Å²) in [6.07, 6.45) is 5.69. The molecule has 0 spiro atoms. The Morgan fingerprint density at radius 1 is 1.19 bits per heavy atom. The van der Waals surface area contributed by atoms with Crippen LogP contribution in [-0.2, 0) is 11.3 Å². The van der Waals surface area contributed by atoms with Gasteiger partial charge in [0.2, 0.25) is 5.91 Å². The van der Waals surface area contributed by atoms with Gasteiger partial charge in [-0.05, 0) is 55.2 Å². The van der Waals surface area contributed by atoms with Crippen LogP contribution in [0.4, 0.5) is 5.69 Å². The van der Waals surface area contributed by atoms with E-state index in [1.165, 1.54) is 11.8 Å². The number of pyridine rings is 1. The van der Waals surface area contributed by atoms with E-state index in [9.17, 15) is 4.79 Å². The normalized spacial score (nSPS) is 14.7. The third-order valence-corrected chi connectivity index (χ3v) is 7.11. The summed E-state index contributed by atoms with van der Waals surface area (Å²) in [6, 6.07) is 13.4. The molecule has 0 bridgehead atoms. The van der Waals surface area contributed by atoms with Crippen molar-refractivity contribution in [1.29, 1.82) is 0 Å². The van der Waals surface area contributed by atoms with Crippen molar-refractivity contribution >= 4 is 34.3 Å². The first kappa shape index (κ1) is 20.8. The molecule has 164 valence electrons. The zero-order valence-electron chi connectivity index (χ0n) is 18.1. The van der Waals surface area contributed by atoms with Crippen molar-refractivity contribution in [3.05, 3.63) is 66.5 Å². The number of anilines is 1. The number of hydrogen-bond acceptors (Lipinski definition) is 6. The van der Waals surface area contributed by atoms with Crippen molar-refractivity contribution in [2.24, 2.45) is 5.92 Å². The lowest BCUT2D eigenvalue weighted by Crippen LogP contribution is -2.30. The third-order valence-electron chi connectivity index (χ3n) is 5.58. The lowest BCUT2D eigenvalue weighted by Gasteiger charge is -2.20. The number of hydrogen-bond donors (Lipinski definition) is 1. The highest BCUT2D eigenvalue weighted by Crippen LogP contribution is 2.41. The highest BCUT2D eigenvalue weighted by atomic mass is 32.2. The van der Waals surface area contributed by atoms with Crippen LogP contribution in [0.3, 0.4) is 0 Å². The van der Waals surface area contributed by atoms with Gasteiger partial charge in [-0.2, -0.15) is 0 Å². The summed E-state index contributed by atoms with van der Waals surface area (Å²) >= 11 is 1.46. The summed E-state index contributed by atoms with van der Waals surface area (Å²) in [5, 5.41) is 13.4. The summed E-state index contributed by atoms with van der Waals surface area (Å²) < 4.78 is 7.67. The summed E-state index contributed by atoms with van der Waals surface area (Å²) in [5.74, 6) is 2.32. The number of amides is 1. The zero-order chi connectivity index (χ0) is 22.1. The topological polar surface area (TPSA) is 85.8 Å². The van der Waals surface area contributed by atoms with Crippen molar-refractivity contribution in [3.8, 4) is 0 Å². The van der Waals surface area contributed by atoms with E-state index < -0.39 is 0 Å². The van der Waals surface area contributed by atoms with Crippen LogP contribution in [0.1, 0.15) is 44.2 Å². The number of nitrogens with one attached hydrogen (secondary N) is 1. The second-order valence-corrected chi connectivity index (χ2v) is 9.54. The molecule has 4 aromatic rings. The molecule has 3 aromatic heterocycles. The van der Waals surface area contributed by atoms with Crippen LogP contribution in [0.15, 0.2) is 64.5 Å². The number of carbonyl (C=O) groups is 1. The number of fused-ring (bicyclic) bond motifs is 1. The highest BCUT2D eigenvalue weighted by molar-refractivity contribution is 8.00. The number of thioether (sulfide) groups is 1. The van der Waals surface area contributed by atoms with Gasteiger partial charge >= 0.3 is 0 Å². The van der Waals surface area contributed by atoms with Crippen molar-refractivity contribution < 1.29 is 9.21 Å². The Kier molecular flexibility index (Phi) is 5.70. The molecule has 1 aliphatic carbocycles. The Hall–Kier alpha value is -3.13. The van der Waals surface area contributed by atoms with Gasteiger partial charge in [0.1, 0.15) is 11.6 Å². The fraction of sp³-hybridized carbons (Fsp3) is 0.333. The Balaban J connectivity index is 1.40. The predicted octanol–water partition coefficient (Wildman–Crippen LogP) is 5.10. The minimum Gasteiger partial charge on any atom is -0.467 e. The number of furan rings is 1. The molecule has 7 nitrogen and oxygen atoms in total. The van der Waals surface area contributed by atoms with Gasteiger partial charge in [-0.3, -0.25) is 14.3 Å². The van der Waals surface area contributed by atoms with Crippen molar-refractivity contribution in [1.82, 2.24) is 19.7 Å². The maximum atomic E-state index is 13.4. The van der Waals surface area contributed by atoms with Gasteiger partial charge in [0.25, 0.3) is 0 Å². The Labute approximate surface area is 190 Å². The monoisotopic (exact) mass is 447 g/mol. The fourth-order valence-corrected chi connectivity index (χ4v) is 4.80. The number of carbonyl (C=O) groups excluding carboxylic acids is 1. The number of benzene rings is 1. The van der Waals surface area contributed by atoms with Gasteiger partial charge in [0.15, 0.2) is 5.16 Å². The van der Waals surface area contributed by atoms with Crippen LogP contribution in [0.5, 0.6) is 0 Å².